The molecule has 2 aliphatic rings. The molecule has 3 heterocycles. The van der Waals surface area contributed by atoms with E-state index in [1.54, 1.807) is 0 Å². The quantitative estimate of drug-likeness (QED) is 0.829. The predicted molar refractivity (Wildman–Crippen MR) is 93.1 cm³/mol. The molecule has 24 heavy (non-hydrogen) atoms. The van der Waals surface area contributed by atoms with Crippen molar-refractivity contribution in [2.24, 2.45) is 5.92 Å². The van der Waals surface area contributed by atoms with Gasteiger partial charge in [-0.05, 0) is 25.1 Å². The number of nitrogens with zero attached hydrogens (tertiary/aromatic N) is 3. The molecule has 2 fully saturated rings. The number of hydrogen-bond acceptors (Lipinski definition) is 5. The van der Waals surface area contributed by atoms with Crippen molar-refractivity contribution in [1.29, 1.82) is 0 Å². The minimum atomic E-state index is -0.134. The van der Waals surface area contributed by atoms with E-state index >= 15 is 0 Å². The highest BCUT2D eigenvalue weighted by molar-refractivity contribution is 5.73. The summed E-state index contributed by atoms with van der Waals surface area (Å²) in [5.74, 6) is 1.46. The van der Waals surface area contributed by atoms with E-state index < -0.39 is 0 Å². The SMILES string of the molecule is CN1CCN(c2ccc(CNC(=O)NC[C@H]3CCOC3)cn2)CC1. The largest absolute Gasteiger partial charge is 0.381 e. The summed E-state index contributed by atoms with van der Waals surface area (Å²) in [6.07, 6.45) is 2.87. The molecule has 1 atom stereocenters. The molecule has 7 nitrogen and oxygen atoms in total. The number of pyridine rings is 1. The molecule has 0 aromatic carbocycles. The van der Waals surface area contributed by atoms with Gasteiger partial charge < -0.3 is 25.2 Å². The molecule has 0 saturated carbocycles. The number of urea groups is 1. The van der Waals surface area contributed by atoms with Crippen LogP contribution in [0.4, 0.5) is 10.6 Å². The second-order valence-corrected chi connectivity index (χ2v) is 6.61. The van der Waals surface area contributed by atoms with E-state index in [4.69, 9.17) is 4.74 Å². The molecule has 0 aliphatic carbocycles. The van der Waals surface area contributed by atoms with Crippen LogP contribution in [0.5, 0.6) is 0 Å². The van der Waals surface area contributed by atoms with Gasteiger partial charge in [0.1, 0.15) is 5.82 Å². The molecule has 0 unspecified atom stereocenters. The monoisotopic (exact) mass is 333 g/mol. The van der Waals surface area contributed by atoms with Crippen LogP contribution in [-0.4, -0.2) is 68.9 Å². The summed E-state index contributed by atoms with van der Waals surface area (Å²) in [6.45, 7) is 6.86. The summed E-state index contributed by atoms with van der Waals surface area (Å²) in [5, 5.41) is 5.78. The van der Waals surface area contributed by atoms with E-state index in [1.165, 1.54) is 0 Å². The lowest BCUT2D eigenvalue weighted by atomic mass is 10.1. The van der Waals surface area contributed by atoms with Crippen molar-refractivity contribution in [3.05, 3.63) is 23.9 Å². The van der Waals surface area contributed by atoms with Gasteiger partial charge in [-0.3, -0.25) is 0 Å². The highest BCUT2D eigenvalue weighted by atomic mass is 16.5. The molecule has 3 rings (SSSR count). The number of likely N-dealkylation sites (N-methyl/N-ethyl adjacent to an activating group) is 1. The highest BCUT2D eigenvalue weighted by Crippen LogP contribution is 2.13. The Hall–Kier alpha value is -1.86. The van der Waals surface area contributed by atoms with Crippen LogP contribution in [0.15, 0.2) is 18.3 Å². The first-order valence-corrected chi connectivity index (χ1v) is 8.68. The third kappa shape index (κ3) is 4.82. The van der Waals surface area contributed by atoms with Crippen molar-refractivity contribution in [2.75, 3.05) is 57.9 Å². The highest BCUT2D eigenvalue weighted by Gasteiger charge is 2.16. The first-order valence-electron chi connectivity index (χ1n) is 8.68. The zero-order chi connectivity index (χ0) is 16.8. The topological polar surface area (TPSA) is 69.7 Å². The van der Waals surface area contributed by atoms with Gasteiger partial charge in [-0.25, -0.2) is 9.78 Å². The first-order chi connectivity index (χ1) is 11.7. The fourth-order valence-corrected chi connectivity index (χ4v) is 2.97. The van der Waals surface area contributed by atoms with Crippen molar-refractivity contribution in [3.63, 3.8) is 0 Å². The molecule has 0 radical (unpaired) electrons. The zero-order valence-corrected chi connectivity index (χ0v) is 14.3. The fourth-order valence-electron chi connectivity index (χ4n) is 2.97. The van der Waals surface area contributed by atoms with Gasteiger partial charge >= 0.3 is 6.03 Å². The molecule has 7 heteroatoms. The van der Waals surface area contributed by atoms with Gasteiger partial charge in [0.2, 0.25) is 0 Å². The number of anilines is 1. The van der Waals surface area contributed by atoms with Crippen LogP contribution in [-0.2, 0) is 11.3 Å². The fraction of sp³-hybridized carbons (Fsp3) is 0.647. The van der Waals surface area contributed by atoms with Gasteiger partial charge in [-0.1, -0.05) is 6.07 Å². The molecule has 0 spiro atoms. The molecule has 2 amide bonds. The Morgan fingerprint density at radius 1 is 1.29 bits per heavy atom. The van der Waals surface area contributed by atoms with Crippen LogP contribution in [0.25, 0.3) is 0 Å². The molecule has 1 aromatic rings. The molecular formula is C17H27N5O2. The standard InChI is InChI=1S/C17H27N5O2/c1-21-5-7-22(8-6-21)16-3-2-14(10-18-16)11-19-17(23)20-12-15-4-9-24-13-15/h2-3,10,15H,4-9,11-13H2,1H3,(H2,19,20,23)/t15-/m1/s1. The first kappa shape index (κ1) is 17.0. The third-order valence-corrected chi connectivity index (χ3v) is 4.66. The number of rotatable bonds is 5. The number of carbonyl (C=O) groups excluding carboxylic acids is 1. The maximum Gasteiger partial charge on any atom is 0.315 e. The number of carbonyl (C=O) groups is 1. The van der Waals surface area contributed by atoms with Gasteiger partial charge in [0.15, 0.2) is 0 Å². The van der Waals surface area contributed by atoms with E-state index in [9.17, 15) is 4.79 Å². The van der Waals surface area contributed by atoms with Crippen molar-refractivity contribution < 1.29 is 9.53 Å². The summed E-state index contributed by atoms with van der Waals surface area (Å²) < 4.78 is 5.30. The number of ether oxygens (including phenoxy) is 1. The minimum Gasteiger partial charge on any atom is -0.381 e. The predicted octanol–water partition coefficient (Wildman–Crippen LogP) is 0.669. The van der Waals surface area contributed by atoms with Gasteiger partial charge in [0, 0.05) is 58.0 Å². The Morgan fingerprint density at radius 2 is 2.12 bits per heavy atom. The molecule has 2 aliphatic heterocycles. The van der Waals surface area contributed by atoms with E-state index in [1.807, 2.05) is 18.3 Å². The summed E-state index contributed by atoms with van der Waals surface area (Å²) >= 11 is 0. The second-order valence-electron chi connectivity index (χ2n) is 6.61. The van der Waals surface area contributed by atoms with Crippen LogP contribution in [0, 0.1) is 5.92 Å². The van der Waals surface area contributed by atoms with Crippen molar-refractivity contribution >= 4 is 11.8 Å². The van der Waals surface area contributed by atoms with Crippen molar-refractivity contribution in [2.45, 2.75) is 13.0 Å². The average Bonchev–Trinajstić information content (AvgIpc) is 3.13. The van der Waals surface area contributed by atoms with Gasteiger partial charge in [-0.15, -0.1) is 0 Å². The molecule has 2 saturated heterocycles. The number of aromatic nitrogens is 1. The molecule has 0 bridgehead atoms. The normalized spacial score (nSPS) is 21.7. The Kier molecular flexibility index (Phi) is 5.87. The minimum absolute atomic E-state index is 0.134. The maximum absolute atomic E-state index is 11.8. The maximum atomic E-state index is 11.8. The summed E-state index contributed by atoms with van der Waals surface area (Å²) in [6, 6.07) is 3.94. The average molecular weight is 333 g/mol. The number of hydrogen-bond donors (Lipinski definition) is 2. The molecule has 2 N–H and O–H groups in total. The van der Waals surface area contributed by atoms with Crippen molar-refractivity contribution in [1.82, 2.24) is 20.5 Å². The molecule has 132 valence electrons. The van der Waals surface area contributed by atoms with Crippen LogP contribution in [0.3, 0.4) is 0 Å². The second kappa shape index (κ2) is 8.30. The van der Waals surface area contributed by atoms with E-state index in [-0.39, 0.29) is 6.03 Å². The lowest BCUT2D eigenvalue weighted by Crippen LogP contribution is -2.44. The van der Waals surface area contributed by atoms with E-state index in [0.717, 1.165) is 57.2 Å². The summed E-state index contributed by atoms with van der Waals surface area (Å²) in [7, 11) is 2.14. The van der Waals surface area contributed by atoms with Gasteiger partial charge in [-0.2, -0.15) is 0 Å². The number of nitrogens with one attached hydrogen (secondary N) is 2. The Bertz CT molecular complexity index is 522. The van der Waals surface area contributed by atoms with Crippen LogP contribution in [0.1, 0.15) is 12.0 Å². The smallest absolute Gasteiger partial charge is 0.315 e. The Labute approximate surface area is 143 Å². The lowest BCUT2D eigenvalue weighted by Gasteiger charge is -2.33. The van der Waals surface area contributed by atoms with Gasteiger partial charge in [0.05, 0.1) is 6.61 Å². The van der Waals surface area contributed by atoms with E-state index in [2.05, 4.69) is 32.5 Å². The van der Waals surface area contributed by atoms with Crippen LogP contribution < -0.4 is 15.5 Å². The summed E-state index contributed by atoms with van der Waals surface area (Å²) in [4.78, 5) is 21.0. The molecular weight excluding hydrogens is 306 g/mol. The van der Waals surface area contributed by atoms with Crippen molar-refractivity contribution in [3.8, 4) is 0 Å². The van der Waals surface area contributed by atoms with Crippen LogP contribution in [0.2, 0.25) is 0 Å². The van der Waals surface area contributed by atoms with E-state index in [0.29, 0.717) is 19.0 Å². The zero-order valence-electron chi connectivity index (χ0n) is 14.3. The lowest BCUT2D eigenvalue weighted by molar-refractivity contribution is 0.185. The summed E-state index contributed by atoms with van der Waals surface area (Å²) in [5.41, 5.74) is 1.01. The van der Waals surface area contributed by atoms with Gasteiger partial charge in [0.25, 0.3) is 0 Å². The number of piperazine rings is 1. The van der Waals surface area contributed by atoms with Crippen LogP contribution >= 0.6 is 0 Å². The Balaban J connectivity index is 1.40. The number of amides is 2. The molecule has 1 aromatic heterocycles. The Morgan fingerprint density at radius 3 is 2.79 bits per heavy atom. The third-order valence-electron chi connectivity index (χ3n) is 4.66.